The Bertz CT molecular complexity index is 618. The molecule has 5 nitrogen and oxygen atoms in total. The summed E-state index contributed by atoms with van der Waals surface area (Å²) in [7, 11) is 1.55. The van der Waals surface area contributed by atoms with Gasteiger partial charge in [0, 0.05) is 37.2 Å². The summed E-state index contributed by atoms with van der Waals surface area (Å²) < 4.78 is 32.5. The zero-order chi connectivity index (χ0) is 18.0. The fraction of sp³-hybridized carbons (Fsp3) is 0.611. The highest BCUT2D eigenvalue weighted by atomic mass is 19.3. The van der Waals surface area contributed by atoms with Crippen molar-refractivity contribution in [2.24, 2.45) is 0 Å². The molecule has 1 amide bonds. The van der Waals surface area contributed by atoms with Crippen molar-refractivity contribution in [3.8, 4) is 5.75 Å². The summed E-state index contributed by atoms with van der Waals surface area (Å²) in [6.45, 7) is 0.507. The normalized spacial score (nSPS) is 24.5. The Morgan fingerprint density at radius 3 is 2.72 bits per heavy atom. The van der Waals surface area contributed by atoms with E-state index in [-0.39, 0.29) is 31.5 Å². The molecule has 0 aromatic heterocycles. The average Bonchev–Trinajstić information content (AvgIpc) is 2.96. The van der Waals surface area contributed by atoms with E-state index in [1.807, 2.05) is 0 Å². The summed E-state index contributed by atoms with van der Waals surface area (Å²) in [5.41, 5.74) is 0.568. The lowest BCUT2D eigenvalue weighted by molar-refractivity contribution is 0.00296. The Kier molecular flexibility index (Phi) is 5.24. The van der Waals surface area contributed by atoms with Crippen LogP contribution < -0.4 is 4.74 Å². The number of amides is 1. The van der Waals surface area contributed by atoms with Gasteiger partial charge in [-0.2, -0.15) is 0 Å². The first-order valence-corrected chi connectivity index (χ1v) is 8.61. The maximum atomic E-state index is 13.7. The number of piperidine rings is 1. The highest BCUT2D eigenvalue weighted by Crippen LogP contribution is 2.35. The van der Waals surface area contributed by atoms with Crippen molar-refractivity contribution in [2.75, 3.05) is 33.4 Å². The molecule has 1 atom stereocenters. The van der Waals surface area contributed by atoms with Crippen LogP contribution in [0.3, 0.4) is 0 Å². The number of rotatable bonds is 4. The first kappa shape index (κ1) is 18.1. The number of likely N-dealkylation sites (tertiary alicyclic amines) is 2. The predicted molar refractivity (Wildman–Crippen MR) is 89.1 cm³/mol. The van der Waals surface area contributed by atoms with Crippen LogP contribution in [0, 0.1) is 0 Å². The fourth-order valence-corrected chi connectivity index (χ4v) is 3.86. The van der Waals surface area contributed by atoms with Crippen molar-refractivity contribution in [1.82, 2.24) is 9.80 Å². The lowest BCUT2D eigenvalue weighted by Crippen LogP contribution is -2.49. The highest BCUT2D eigenvalue weighted by Gasteiger charge is 2.47. The lowest BCUT2D eigenvalue weighted by Gasteiger charge is -2.38. The molecule has 1 aromatic rings. The molecule has 7 heteroatoms. The van der Waals surface area contributed by atoms with Gasteiger partial charge in [-0.3, -0.25) is 9.69 Å². The van der Waals surface area contributed by atoms with Gasteiger partial charge in [0.25, 0.3) is 11.8 Å². The summed E-state index contributed by atoms with van der Waals surface area (Å²) in [6.07, 6.45) is 0.997. The van der Waals surface area contributed by atoms with Gasteiger partial charge in [0.1, 0.15) is 5.75 Å². The summed E-state index contributed by atoms with van der Waals surface area (Å²) in [5, 5.41) is 9.39. The monoisotopic (exact) mass is 354 g/mol. The van der Waals surface area contributed by atoms with E-state index < -0.39 is 12.0 Å². The Labute approximate surface area is 146 Å². The summed E-state index contributed by atoms with van der Waals surface area (Å²) >= 11 is 0. The molecule has 2 aliphatic heterocycles. The van der Waals surface area contributed by atoms with Gasteiger partial charge in [0.15, 0.2) is 0 Å². The smallest absolute Gasteiger partial charge is 0.262 e. The van der Waals surface area contributed by atoms with Gasteiger partial charge in [0.2, 0.25) is 0 Å². The molecule has 2 saturated heterocycles. The lowest BCUT2D eigenvalue weighted by atomic mass is 10.0. The second-order valence-electron chi connectivity index (χ2n) is 6.82. The molecule has 25 heavy (non-hydrogen) atoms. The maximum absolute atomic E-state index is 13.7. The third kappa shape index (κ3) is 3.93. The average molecular weight is 354 g/mol. The van der Waals surface area contributed by atoms with E-state index in [2.05, 4.69) is 0 Å². The number of hydrogen-bond acceptors (Lipinski definition) is 4. The van der Waals surface area contributed by atoms with E-state index in [0.29, 0.717) is 37.2 Å². The minimum Gasteiger partial charge on any atom is -0.497 e. The Morgan fingerprint density at radius 2 is 2.08 bits per heavy atom. The number of carbonyl (C=O) groups excluding carboxylic acids is 1. The quantitative estimate of drug-likeness (QED) is 0.899. The zero-order valence-corrected chi connectivity index (χ0v) is 14.3. The van der Waals surface area contributed by atoms with Crippen molar-refractivity contribution in [1.29, 1.82) is 0 Å². The van der Waals surface area contributed by atoms with Crippen LogP contribution in [-0.4, -0.2) is 72.2 Å². The van der Waals surface area contributed by atoms with Crippen LogP contribution in [0.5, 0.6) is 5.75 Å². The Hall–Kier alpha value is -1.73. The van der Waals surface area contributed by atoms with Crippen molar-refractivity contribution in [3.63, 3.8) is 0 Å². The molecule has 0 radical (unpaired) electrons. The van der Waals surface area contributed by atoms with E-state index in [1.165, 1.54) is 0 Å². The van der Waals surface area contributed by atoms with Crippen LogP contribution >= 0.6 is 0 Å². The second kappa shape index (κ2) is 7.25. The summed E-state index contributed by atoms with van der Waals surface area (Å²) in [4.78, 5) is 16.1. The van der Waals surface area contributed by atoms with E-state index in [4.69, 9.17) is 4.74 Å². The van der Waals surface area contributed by atoms with E-state index in [9.17, 15) is 18.7 Å². The molecule has 0 spiro atoms. The van der Waals surface area contributed by atoms with E-state index in [0.717, 1.165) is 0 Å². The number of alkyl halides is 2. The SMILES string of the molecule is COc1cccc(C(=O)N2CCC(N3CC(F)(F)C[C@H]3CO)CC2)c1. The third-order valence-corrected chi connectivity index (χ3v) is 5.17. The van der Waals surface area contributed by atoms with Crippen LogP contribution in [0.25, 0.3) is 0 Å². The second-order valence-corrected chi connectivity index (χ2v) is 6.82. The van der Waals surface area contributed by atoms with Crippen molar-refractivity contribution < 1.29 is 23.4 Å². The Balaban J connectivity index is 1.61. The largest absolute Gasteiger partial charge is 0.497 e. The number of methoxy groups -OCH3 is 1. The minimum absolute atomic E-state index is 0.0140. The van der Waals surface area contributed by atoms with Crippen LogP contribution in [-0.2, 0) is 0 Å². The zero-order valence-electron chi connectivity index (χ0n) is 14.3. The molecule has 0 saturated carbocycles. The topological polar surface area (TPSA) is 53.0 Å². The first-order valence-electron chi connectivity index (χ1n) is 8.61. The van der Waals surface area contributed by atoms with Gasteiger partial charge < -0.3 is 14.7 Å². The molecule has 0 unspecified atom stereocenters. The minimum atomic E-state index is -2.74. The van der Waals surface area contributed by atoms with Crippen molar-refractivity contribution in [2.45, 2.75) is 37.3 Å². The molecule has 2 fully saturated rings. The van der Waals surface area contributed by atoms with Crippen LogP contribution in [0.4, 0.5) is 8.78 Å². The summed E-state index contributed by atoms with van der Waals surface area (Å²) in [5.74, 6) is -2.17. The molecule has 1 N–H and O–H groups in total. The summed E-state index contributed by atoms with van der Waals surface area (Å²) in [6, 6.07) is 6.51. The third-order valence-electron chi connectivity index (χ3n) is 5.17. The molecule has 2 heterocycles. The van der Waals surface area contributed by atoms with Gasteiger partial charge >= 0.3 is 0 Å². The fourth-order valence-electron chi connectivity index (χ4n) is 3.86. The van der Waals surface area contributed by atoms with Crippen LogP contribution in [0.1, 0.15) is 29.6 Å². The van der Waals surface area contributed by atoms with Gasteiger partial charge in [-0.1, -0.05) is 6.07 Å². The number of ether oxygens (including phenoxy) is 1. The van der Waals surface area contributed by atoms with Crippen molar-refractivity contribution in [3.05, 3.63) is 29.8 Å². The molecule has 3 rings (SSSR count). The van der Waals surface area contributed by atoms with Crippen molar-refractivity contribution >= 4 is 5.91 Å². The molecule has 1 aromatic carbocycles. The highest BCUT2D eigenvalue weighted by molar-refractivity contribution is 5.94. The van der Waals surface area contributed by atoms with Gasteiger partial charge in [-0.05, 0) is 31.0 Å². The van der Waals surface area contributed by atoms with E-state index in [1.54, 1.807) is 41.2 Å². The van der Waals surface area contributed by atoms with Crippen LogP contribution in [0.15, 0.2) is 24.3 Å². The number of halogens is 2. The van der Waals surface area contributed by atoms with E-state index >= 15 is 0 Å². The molecular weight excluding hydrogens is 330 g/mol. The Morgan fingerprint density at radius 1 is 1.36 bits per heavy atom. The molecule has 0 aliphatic carbocycles. The number of hydrogen-bond donors (Lipinski definition) is 1. The standard InChI is InChI=1S/C18H24F2N2O3/c1-25-16-4-2-3-13(9-16)17(24)21-7-5-14(6-8-21)22-12-18(19,20)10-15(22)11-23/h2-4,9,14-15,23H,5-8,10-12H2,1H3/t15-/m0/s1. The van der Waals surface area contributed by atoms with Gasteiger partial charge in [0.05, 0.1) is 20.3 Å². The molecular formula is C18H24F2N2O3. The van der Waals surface area contributed by atoms with Gasteiger partial charge in [-0.25, -0.2) is 8.78 Å². The maximum Gasteiger partial charge on any atom is 0.262 e. The number of carbonyl (C=O) groups is 1. The van der Waals surface area contributed by atoms with Crippen LogP contribution in [0.2, 0.25) is 0 Å². The number of benzene rings is 1. The molecule has 0 bridgehead atoms. The molecule has 138 valence electrons. The van der Waals surface area contributed by atoms with Gasteiger partial charge in [-0.15, -0.1) is 0 Å². The molecule has 2 aliphatic rings. The number of aliphatic hydroxyl groups is 1. The number of nitrogens with zero attached hydrogens (tertiary/aromatic N) is 2. The number of aliphatic hydroxyl groups excluding tert-OH is 1. The predicted octanol–water partition coefficient (Wildman–Crippen LogP) is 2.00. The first-order chi connectivity index (χ1) is 11.9.